The largest absolute Gasteiger partial charge is 0.387 e. The summed E-state index contributed by atoms with van der Waals surface area (Å²) >= 11 is 0. The van der Waals surface area contributed by atoms with Crippen LogP contribution in [0, 0.1) is 0 Å². The molecular formula is C11H11F2N5O3. The van der Waals surface area contributed by atoms with Gasteiger partial charge in [0, 0.05) is 0 Å². The van der Waals surface area contributed by atoms with Crippen molar-refractivity contribution in [2.45, 2.75) is 29.7 Å². The number of aromatic nitrogens is 4. The molecule has 5 atom stereocenters. The molecule has 2 fully saturated rings. The van der Waals surface area contributed by atoms with Crippen molar-refractivity contribution in [2.75, 3.05) is 12.4 Å². The van der Waals surface area contributed by atoms with E-state index in [1.807, 2.05) is 0 Å². The van der Waals surface area contributed by atoms with Crippen molar-refractivity contribution in [1.29, 1.82) is 0 Å². The van der Waals surface area contributed by atoms with Crippen LogP contribution in [0.2, 0.25) is 0 Å². The molecule has 1 saturated carbocycles. The number of hydrogen-bond donors (Lipinski definition) is 3. The standard InChI is InChI=1S/C11H11F2N5O3/c12-1-10-9(19)11(10,20)5(13)8(21-10)18-3-17-4-6(14)15-2-16-7(4)18/h2-3,5,8-9,19-20H,1H2,(H2,14,15,16)/t5-,8+,9?,10+,11+/m0/s1. The highest BCUT2D eigenvalue weighted by Crippen LogP contribution is 2.63. The number of anilines is 1. The van der Waals surface area contributed by atoms with Crippen LogP contribution in [-0.2, 0) is 4.74 Å². The number of alkyl halides is 2. The summed E-state index contributed by atoms with van der Waals surface area (Å²) in [5.41, 5.74) is 1.87. The molecule has 4 N–H and O–H groups in total. The number of nitrogen functional groups attached to an aromatic ring is 1. The maximum absolute atomic E-state index is 14.5. The summed E-state index contributed by atoms with van der Waals surface area (Å²) in [7, 11) is 0. The van der Waals surface area contributed by atoms with Crippen LogP contribution in [0.25, 0.3) is 11.2 Å². The van der Waals surface area contributed by atoms with Crippen LogP contribution in [0.3, 0.4) is 0 Å². The summed E-state index contributed by atoms with van der Waals surface area (Å²) in [6, 6.07) is 0. The van der Waals surface area contributed by atoms with Crippen molar-refractivity contribution in [3.8, 4) is 0 Å². The van der Waals surface area contributed by atoms with Gasteiger partial charge in [-0.05, 0) is 0 Å². The molecule has 1 saturated heterocycles. The predicted molar refractivity (Wildman–Crippen MR) is 64.4 cm³/mol. The maximum atomic E-state index is 14.5. The van der Waals surface area contributed by atoms with Crippen molar-refractivity contribution in [1.82, 2.24) is 19.5 Å². The first-order valence-corrected chi connectivity index (χ1v) is 6.18. The van der Waals surface area contributed by atoms with Gasteiger partial charge >= 0.3 is 0 Å². The Kier molecular flexibility index (Phi) is 2.22. The molecule has 0 amide bonds. The molecule has 1 unspecified atom stereocenters. The molecule has 1 aliphatic carbocycles. The molecule has 112 valence electrons. The summed E-state index contributed by atoms with van der Waals surface area (Å²) < 4.78 is 34.0. The van der Waals surface area contributed by atoms with Gasteiger partial charge in [0.1, 0.15) is 24.6 Å². The lowest BCUT2D eigenvalue weighted by Gasteiger charge is -2.21. The first-order valence-electron chi connectivity index (χ1n) is 6.18. The topological polar surface area (TPSA) is 119 Å². The molecule has 1 aliphatic heterocycles. The second kappa shape index (κ2) is 3.64. The predicted octanol–water partition coefficient (Wildman–Crippen LogP) is -0.911. The van der Waals surface area contributed by atoms with Gasteiger partial charge in [-0.3, -0.25) is 4.57 Å². The van der Waals surface area contributed by atoms with Crippen molar-refractivity contribution < 1.29 is 23.7 Å². The fourth-order valence-electron chi connectivity index (χ4n) is 3.00. The van der Waals surface area contributed by atoms with Gasteiger partial charge in [0.05, 0.1) is 6.33 Å². The second-order valence-corrected chi connectivity index (χ2v) is 5.24. The smallest absolute Gasteiger partial charge is 0.179 e. The van der Waals surface area contributed by atoms with E-state index in [0.717, 1.165) is 0 Å². The van der Waals surface area contributed by atoms with E-state index in [4.69, 9.17) is 10.5 Å². The SMILES string of the molecule is Nc1ncnc2c1ncn2[C@@H]1O[C@]2(CF)C(O)[C@]2(O)[C@H]1F. The summed E-state index contributed by atoms with van der Waals surface area (Å²) in [5.74, 6) is 0.108. The van der Waals surface area contributed by atoms with Crippen LogP contribution in [-0.4, -0.2) is 59.9 Å². The summed E-state index contributed by atoms with van der Waals surface area (Å²) in [6.45, 7) is -1.20. The number of fused-ring (bicyclic) bond motifs is 2. The number of ether oxygens (including phenoxy) is 1. The van der Waals surface area contributed by atoms with Gasteiger partial charge in [-0.25, -0.2) is 23.7 Å². The van der Waals surface area contributed by atoms with E-state index in [1.165, 1.54) is 17.2 Å². The van der Waals surface area contributed by atoms with Crippen LogP contribution in [0.15, 0.2) is 12.7 Å². The van der Waals surface area contributed by atoms with Gasteiger partial charge in [-0.15, -0.1) is 0 Å². The molecule has 2 aromatic rings. The Hall–Kier alpha value is -1.91. The Morgan fingerprint density at radius 2 is 2.19 bits per heavy atom. The van der Waals surface area contributed by atoms with Crippen LogP contribution < -0.4 is 5.73 Å². The first-order chi connectivity index (χ1) is 9.97. The minimum absolute atomic E-state index is 0.108. The van der Waals surface area contributed by atoms with E-state index in [0.29, 0.717) is 0 Å². The van der Waals surface area contributed by atoms with Gasteiger partial charge in [-0.2, -0.15) is 0 Å². The van der Waals surface area contributed by atoms with Gasteiger partial charge in [0.15, 0.2) is 35.1 Å². The third-order valence-corrected chi connectivity index (χ3v) is 4.31. The minimum Gasteiger partial charge on any atom is -0.387 e. The molecule has 4 rings (SSSR count). The highest BCUT2D eigenvalue weighted by molar-refractivity contribution is 5.81. The van der Waals surface area contributed by atoms with Crippen LogP contribution in [0.4, 0.5) is 14.6 Å². The third-order valence-electron chi connectivity index (χ3n) is 4.31. The van der Waals surface area contributed by atoms with Crippen LogP contribution in [0.1, 0.15) is 6.23 Å². The Labute approximate surface area is 116 Å². The molecule has 0 aromatic carbocycles. The molecule has 8 nitrogen and oxygen atoms in total. The van der Waals surface area contributed by atoms with Crippen molar-refractivity contribution >= 4 is 17.0 Å². The van der Waals surface area contributed by atoms with E-state index < -0.39 is 36.4 Å². The highest BCUT2D eigenvalue weighted by atomic mass is 19.1. The number of imidazole rings is 1. The minimum atomic E-state index is -2.26. The number of nitrogens with zero attached hydrogens (tertiary/aromatic N) is 4. The summed E-state index contributed by atoms with van der Waals surface area (Å²) in [6.07, 6.45) is -2.59. The molecule has 0 bridgehead atoms. The highest BCUT2D eigenvalue weighted by Gasteiger charge is 2.88. The second-order valence-electron chi connectivity index (χ2n) is 5.24. The Morgan fingerprint density at radius 1 is 1.43 bits per heavy atom. The van der Waals surface area contributed by atoms with Gasteiger partial charge in [-0.1, -0.05) is 0 Å². The zero-order chi connectivity index (χ0) is 15.0. The lowest BCUT2D eigenvalue weighted by Crippen LogP contribution is -2.33. The summed E-state index contributed by atoms with van der Waals surface area (Å²) in [5, 5.41) is 19.6. The van der Waals surface area contributed by atoms with Crippen molar-refractivity contribution in [2.24, 2.45) is 0 Å². The first kappa shape index (κ1) is 12.8. The number of hydrogen-bond acceptors (Lipinski definition) is 7. The molecule has 3 heterocycles. The quantitative estimate of drug-likeness (QED) is 0.656. The lowest BCUT2D eigenvalue weighted by atomic mass is 10.1. The number of aliphatic hydroxyl groups is 2. The molecule has 0 radical (unpaired) electrons. The molecule has 21 heavy (non-hydrogen) atoms. The van der Waals surface area contributed by atoms with Crippen LogP contribution in [0.5, 0.6) is 0 Å². The third kappa shape index (κ3) is 1.21. The fourth-order valence-corrected chi connectivity index (χ4v) is 3.00. The van der Waals surface area contributed by atoms with Gasteiger partial charge in [0.25, 0.3) is 0 Å². The van der Waals surface area contributed by atoms with E-state index in [2.05, 4.69) is 15.0 Å². The van der Waals surface area contributed by atoms with Crippen molar-refractivity contribution in [3.05, 3.63) is 12.7 Å². The molecule has 2 aromatic heterocycles. The van der Waals surface area contributed by atoms with Gasteiger partial charge < -0.3 is 20.7 Å². The average Bonchev–Trinajstić information content (AvgIpc) is 2.82. The van der Waals surface area contributed by atoms with E-state index in [1.54, 1.807) is 0 Å². The zero-order valence-corrected chi connectivity index (χ0v) is 10.5. The Morgan fingerprint density at radius 3 is 2.86 bits per heavy atom. The number of halogens is 2. The Balaban J connectivity index is 1.80. The van der Waals surface area contributed by atoms with Crippen LogP contribution >= 0.6 is 0 Å². The lowest BCUT2D eigenvalue weighted by molar-refractivity contribution is -0.0953. The molecular weight excluding hydrogens is 288 g/mol. The normalized spacial score (nSPS) is 41.4. The molecule has 10 heteroatoms. The zero-order valence-electron chi connectivity index (χ0n) is 10.5. The molecule has 2 aliphatic rings. The summed E-state index contributed by atoms with van der Waals surface area (Å²) in [4.78, 5) is 11.6. The average molecular weight is 299 g/mol. The fraction of sp³-hybridized carbons (Fsp3) is 0.545. The Bertz CT molecular complexity index is 738. The monoisotopic (exact) mass is 299 g/mol. The van der Waals surface area contributed by atoms with E-state index >= 15 is 0 Å². The number of rotatable bonds is 2. The number of nitrogens with two attached hydrogens (primary N) is 1. The van der Waals surface area contributed by atoms with Gasteiger partial charge in [0.2, 0.25) is 0 Å². The van der Waals surface area contributed by atoms with E-state index in [-0.39, 0.29) is 17.0 Å². The van der Waals surface area contributed by atoms with Crippen molar-refractivity contribution in [3.63, 3.8) is 0 Å². The van der Waals surface area contributed by atoms with E-state index in [9.17, 15) is 19.0 Å². The number of aliphatic hydroxyl groups excluding tert-OH is 1. The molecule has 0 spiro atoms. The maximum Gasteiger partial charge on any atom is 0.179 e.